The lowest BCUT2D eigenvalue weighted by atomic mass is 10.1. The van der Waals surface area contributed by atoms with Crippen molar-refractivity contribution in [3.63, 3.8) is 0 Å². The zero-order valence-electron chi connectivity index (χ0n) is 9.89. The van der Waals surface area contributed by atoms with Crippen molar-refractivity contribution in [1.82, 2.24) is 9.88 Å². The minimum atomic E-state index is -0.731. The number of nitriles is 1. The second kappa shape index (κ2) is 4.54. The summed E-state index contributed by atoms with van der Waals surface area (Å²) < 4.78 is 0. The molecule has 2 rings (SSSR count). The molecule has 0 saturated heterocycles. The first-order valence-corrected chi connectivity index (χ1v) is 5.82. The zero-order valence-corrected chi connectivity index (χ0v) is 9.89. The smallest absolute Gasteiger partial charge is 0.243 e. The van der Waals surface area contributed by atoms with Crippen molar-refractivity contribution >= 4 is 5.91 Å². The van der Waals surface area contributed by atoms with E-state index in [4.69, 9.17) is 5.26 Å². The Morgan fingerprint density at radius 1 is 1.59 bits per heavy atom. The van der Waals surface area contributed by atoms with Crippen molar-refractivity contribution < 1.29 is 4.79 Å². The molecule has 1 saturated carbocycles. The van der Waals surface area contributed by atoms with Gasteiger partial charge in [0.05, 0.1) is 18.3 Å². The molecule has 0 unspecified atom stereocenters. The molecule has 1 aliphatic carbocycles. The minimum absolute atomic E-state index is 0.0480. The molecule has 88 valence electrons. The average molecular weight is 229 g/mol. The van der Waals surface area contributed by atoms with Crippen LogP contribution in [0.3, 0.4) is 0 Å². The average Bonchev–Trinajstić information content (AvgIpc) is 3.17. The van der Waals surface area contributed by atoms with Gasteiger partial charge in [-0.3, -0.25) is 9.78 Å². The van der Waals surface area contributed by atoms with E-state index >= 15 is 0 Å². The highest BCUT2D eigenvalue weighted by atomic mass is 16.2. The van der Waals surface area contributed by atoms with Gasteiger partial charge in [0.2, 0.25) is 5.91 Å². The number of nitrogens with zero attached hydrogens (tertiary/aromatic N) is 3. The molecule has 17 heavy (non-hydrogen) atoms. The Labute approximate surface area is 101 Å². The number of hydrogen-bond acceptors (Lipinski definition) is 3. The monoisotopic (exact) mass is 229 g/mol. The van der Waals surface area contributed by atoms with Crippen LogP contribution in [0.1, 0.15) is 25.5 Å². The summed E-state index contributed by atoms with van der Waals surface area (Å²) >= 11 is 0. The molecule has 0 N–H and O–H groups in total. The highest BCUT2D eigenvalue weighted by Gasteiger charge is 2.52. The van der Waals surface area contributed by atoms with E-state index in [0.29, 0.717) is 25.9 Å². The molecule has 1 amide bonds. The lowest BCUT2D eigenvalue weighted by Crippen LogP contribution is -2.36. The Kier molecular flexibility index (Phi) is 3.10. The van der Waals surface area contributed by atoms with E-state index in [2.05, 4.69) is 11.1 Å². The number of carbonyl (C=O) groups excluding carboxylic acids is 1. The third-order valence-corrected chi connectivity index (χ3v) is 3.12. The summed E-state index contributed by atoms with van der Waals surface area (Å²) in [5.41, 5.74) is 0.126. The predicted octanol–water partition coefficient (Wildman–Crippen LogP) is 1.73. The van der Waals surface area contributed by atoms with E-state index in [1.807, 2.05) is 25.1 Å². The number of aromatic nitrogens is 1. The first-order valence-electron chi connectivity index (χ1n) is 5.82. The number of hydrogen-bond donors (Lipinski definition) is 0. The third kappa shape index (κ3) is 2.28. The van der Waals surface area contributed by atoms with Crippen LogP contribution in [-0.2, 0) is 11.3 Å². The lowest BCUT2D eigenvalue weighted by Gasteiger charge is -2.22. The molecule has 0 aliphatic heterocycles. The van der Waals surface area contributed by atoms with Gasteiger partial charge in [-0.2, -0.15) is 5.26 Å². The summed E-state index contributed by atoms with van der Waals surface area (Å²) in [6.07, 6.45) is 3.10. The van der Waals surface area contributed by atoms with E-state index in [1.165, 1.54) is 0 Å². The lowest BCUT2D eigenvalue weighted by molar-refractivity contribution is -0.135. The normalized spacial score (nSPS) is 16.0. The SMILES string of the molecule is CCN(Cc1ccccn1)C(=O)C1(C#N)CC1. The van der Waals surface area contributed by atoms with Gasteiger partial charge in [-0.15, -0.1) is 0 Å². The summed E-state index contributed by atoms with van der Waals surface area (Å²) in [6, 6.07) is 7.78. The molecule has 0 spiro atoms. The number of amides is 1. The summed E-state index contributed by atoms with van der Waals surface area (Å²) in [6.45, 7) is 3.02. The van der Waals surface area contributed by atoms with E-state index in [1.54, 1.807) is 11.1 Å². The fraction of sp³-hybridized carbons (Fsp3) is 0.462. The Morgan fingerprint density at radius 3 is 2.82 bits per heavy atom. The first-order chi connectivity index (χ1) is 8.22. The molecular formula is C13H15N3O. The van der Waals surface area contributed by atoms with E-state index < -0.39 is 5.41 Å². The third-order valence-electron chi connectivity index (χ3n) is 3.12. The Bertz CT molecular complexity index is 445. The van der Waals surface area contributed by atoms with Crippen molar-refractivity contribution in [2.75, 3.05) is 6.54 Å². The van der Waals surface area contributed by atoms with Crippen LogP contribution >= 0.6 is 0 Å². The van der Waals surface area contributed by atoms with Crippen LogP contribution in [0.15, 0.2) is 24.4 Å². The molecule has 1 fully saturated rings. The molecule has 0 radical (unpaired) electrons. The highest BCUT2D eigenvalue weighted by Crippen LogP contribution is 2.46. The molecule has 4 heteroatoms. The molecule has 0 aromatic carbocycles. The van der Waals surface area contributed by atoms with Crippen LogP contribution < -0.4 is 0 Å². The van der Waals surface area contributed by atoms with Gasteiger partial charge in [0.1, 0.15) is 5.41 Å². The maximum atomic E-state index is 12.2. The summed E-state index contributed by atoms with van der Waals surface area (Å²) in [5.74, 6) is -0.0480. The zero-order chi connectivity index (χ0) is 12.3. The second-order valence-corrected chi connectivity index (χ2v) is 4.33. The number of pyridine rings is 1. The van der Waals surface area contributed by atoms with Gasteiger partial charge in [0.15, 0.2) is 0 Å². The minimum Gasteiger partial charge on any atom is -0.336 e. The van der Waals surface area contributed by atoms with Gasteiger partial charge in [-0.05, 0) is 31.9 Å². The van der Waals surface area contributed by atoms with Crippen molar-refractivity contribution in [2.45, 2.75) is 26.3 Å². The van der Waals surface area contributed by atoms with E-state index in [9.17, 15) is 4.79 Å². The fourth-order valence-corrected chi connectivity index (χ4v) is 1.82. The van der Waals surface area contributed by atoms with Gasteiger partial charge in [0.25, 0.3) is 0 Å². The van der Waals surface area contributed by atoms with Crippen LogP contribution in [0.4, 0.5) is 0 Å². The van der Waals surface area contributed by atoms with Crippen LogP contribution in [0.2, 0.25) is 0 Å². The highest BCUT2D eigenvalue weighted by molar-refractivity contribution is 5.88. The topological polar surface area (TPSA) is 57.0 Å². The van der Waals surface area contributed by atoms with Crippen LogP contribution in [0.5, 0.6) is 0 Å². The summed E-state index contributed by atoms with van der Waals surface area (Å²) in [5, 5.41) is 9.02. The number of rotatable bonds is 4. The molecule has 4 nitrogen and oxygen atoms in total. The first kappa shape index (κ1) is 11.6. The molecule has 1 aliphatic rings. The van der Waals surface area contributed by atoms with E-state index in [-0.39, 0.29) is 5.91 Å². The predicted molar refractivity (Wildman–Crippen MR) is 62.6 cm³/mol. The van der Waals surface area contributed by atoms with Crippen molar-refractivity contribution in [1.29, 1.82) is 5.26 Å². The molecule has 1 aromatic heterocycles. The second-order valence-electron chi connectivity index (χ2n) is 4.33. The Balaban J connectivity index is 2.08. The maximum absolute atomic E-state index is 12.2. The van der Waals surface area contributed by atoms with Crippen molar-refractivity contribution in [3.05, 3.63) is 30.1 Å². The van der Waals surface area contributed by atoms with Gasteiger partial charge in [-0.25, -0.2) is 0 Å². The van der Waals surface area contributed by atoms with Gasteiger partial charge in [0, 0.05) is 12.7 Å². The largest absolute Gasteiger partial charge is 0.336 e. The molecule has 0 bridgehead atoms. The quantitative estimate of drug-likeness (QED) is 0.790. The van der Waals surface area contributed by atoms with Crippen LogP contribution in [0, 0.1) is 16.7 Å². The van der Waals surface area contributed by atoms with Crippen LogP contribution in [-0.4, -0.2) is 22.3 Å². The fourth-order valence-electron chi connectivity index (χ4n) is 1.82. The Morgan fingerprint density at radius 2 is 2.35 bits per heavy atom. The molecular weight excluding hydrogens is 214 g/mol. The molecule has 1 heterocycles. The summed E-state index contributed by atoms with van der Waals surface area (Å²) in [7, 11) is 0. The van der Waals surface area contributed by atoms with Crippen molar-refractivity contribution in [2.24, 2.45) is 5.41 Å². The van der Waals surface area contributed by atoms with E-state index in [0.717, 1.165) is 5.69 Å². The number of carbonyl (C=O) groups is 1. The standard InChI is InChI=1S/C13H15N3O/c1-2-16(9-11-5-3-4-8-15-11)12(17)13(10-14)6-7-13/h3-5,8H,2,6-7,9H2,1H3. The van der Waals surface area contributed by atoms with Crippen LogP contribution in [0.25, 0.3) is 0 Å². The molecule has 0 atom stereocenters. The van der Waals surface area contributed by atoms with Gasteiger partial charge in [-0.1, -0.05) is 6.07 Å². The van der Waals surface area contributed by atoms with Gasteiger partial charge < -0.3 is 4.90 Å². The summed E-state index contributed by atoms with van der Waals surface area (Å²) in [4.78, 5) is 18.1. The maximum Gasteiger partial charge on any atom is 0.243 e. The Hall–Kier alpha value is -1.89. The van der Waals surface area contributed by atoms with Gasteiger partial charge >= 0.3 is 0 Å². The van der Waals surface area contributed by atoms with Crippen molar-refractivity contribution in [3.8, 4) is 6.07 Å². The molecule has 1 aromatic rings.